The summed E-state index contributed by atoms with van der Waals surface area (Å²) in [5.74, 6) is 0.745. The largest absolute Gasteiger partial charge is 0.299 e. The lowest BCUT2D eigenvalue weighted by atomic mass is 9.82. The van der Waals surface area contributed by atoms with Crippen molar-refractivity contribution in [3.8, 4) is 0 Å². The van der Waals surface area contributed by atoms with Crippen LogP contribution in [-0.2, 0) is 0 Å². The Kier molecular flexibility index (Phi) is 2.11. The van der Waals surface area contributed by atoms with Gasteiger partial charge in [-0.2, -0.15) is 0 Å². The molecule has 2 rings (SSSR count). The third-order valence-electron chi connectivity index (χ3n) is 2.97. The number of fused-ring (bicyclic) bond motifs is 1. The van der Waals surface area contributed by atoms with Crippen LogP contribution in [0.5, 0.6) is 0 Å². The van der Waals surface area contributed by atoms with E-state index in [0.717, 1.165) is 18.9 Å². The summed E-state index contributed by atoms with van der Waals surface area (Å²) in [4.78, 5) is 0. The van der Waals surface area contributed by atoms with Crippen molar-refractivity contribution in [3.05, 3.63) is 0 Å². The van der Waals surface area contributed by atoms with Crippen molar-refractivity contribution in [3.63, 3.8) is 0 Å². The van der Waals surface area contributed by atoms with Crippen molar-refractivity contribution in [2.75, 3.05) is 6.54 Å². The fourth-order valence-corrected chi connectivity index (χ4v) is 2.33. The van der Waals surface area contributed by atoms with Gasteiger partial charge in [0.2, 0.25) is 0 Å². The Labute approximate surface area is 67.3 Å². The first-order valence-corrected chi connectivity index (χ1v) is 4.59. The van der Waals surface area contributed by atoms with E-state index < -0.39 is 0 Å². The topological polar surface area (TPSA) is 35.5 Å². The minimum Gasteiger partial charge on any atom is -0.299 e. The van der Waals surface area contributed by atoms with Crippen LogP contribution in [0.15, 0.2) is 0 Å². The average molecular weight is 156 g/mol. The monoisotopic (exact) mass is 156 g/mol. The predicted molar refractivity (Wildman–Crippen MR) is 42.0 cm³/mol. The molecule has 3 heteroatoms. The molecule has 2 N–H and O–H groups in total. The number of hydrogen-bond acceptors (Lipinski definition) is 3. The Morgan fingerprint density at radius 1 is 1.18 bits per heavy atom. The van der Waals surface area contributed by atoms with Crippen molar-refractivity contribution in [2.45, 2.75) is 38.1 Å². The first-order valence-electron chi connectivity index (χ1n) is 4.59. The molecule has 11 heavy (non-hydrogen) atoms. The van der Waals surface area contributed by atoms with Gasteiger partial charge in [-0.3, -0.25) is 5.21 Å². The Balaban J connectivity index is 1.99. The van der Waals surface area contributed by atoms with Gasteiger partial charge in [-0.1, -0.05) is 12.8 Å². The van der Waals surface area contributed by atoms with E-state index >= 15 is 0 Å². The molecule has 1 heterocycles. The SMILES string of the molecule is ON1NCCC2CCCCC21. The second-order valence-electron chi connectivity index (χ2n) is 3.65. The summed E-state index contributed by atoms with van der Waals surface area (Å²) in [6.45, 7) is 0.942. The zero-order chi connectivity index (χ0) is 7.68. The van der Waals surface area contributed by atoms with Crippen molar-refractivity contribution < 1.29 is 5.21 Å². The molecule has 0 amide bonds. The number of hydroxylamine groups is 1. The molecular formula is C8H16N2O. The van der Waals surface area contributed by atoms with Crippen LogP contribution in [0.2, 0.25) is 0 Å². The molecule has 2 aliphatic rings. The molecule has 1 saturated heterocycles. The molecule has 2 atom stereocenters. The minimum atomic E-state index is 0.400. The molecule has 3 nitrogen and oxygen atoms in total. The van der Waals surface area contributed by atoms with E-state index in [0.29, 0.717) is 6.04 Å². The molecule has 0 aromatic carbocycles. The van der Waals surface area contributed by atoms with Gasteiger partial charge in [0.25, 0.3) is 0 Å². The average Bonchev–Trinajstić information content (AvgIpc) is 2.06. The summed E-state index contributed by atoms with van der Waals surface area (Å²) in [5.41, 5.74) is 2.97. The maximum Gasteiger partial charge on any atom is 0.0538 e. The molecule has 0 aromatic rings. The Morgan fingerprint density at radius 2 is 2.00 bits per heavy atom. The van der Waals surface area contributed by atoms with Gasteiger partial charge in [0.05, 0.1) is 6.04 Å². The molecule has 2 fully saturated rings. The highest BCUT2D eigenvalue weighted by molar-refractivity contribution is 4.82. The van der Waals surface area contributed by atoms with E-state index in [2.05, 4.69) is 5.43 Å². The number of nitrogens with zero attached hydrogens (tertiary/aromatic N) is 1. The van der Waals surface area contributed by atoms with Gasteiger partial charge < -0.3 is 0 Å². The first-order chi connectivity index (χ1) is 5.38. The van der Waals surface area contributed by atoms with Crippen LogP contribution in [0, 0.1) is 5.92 Å². The third kappa shape index (κ3) is 1.41. The van der Waals surface area contributed by atoms with Crippen molar-refractivity contribution in [1.29, 1.82) is 0 Å². The number of hydrogen-bond donors (Lipinski definition) is 2. The van der Waals surface area contributed by atoms with E-state index in [9.17, 15) is 5.21 Å². The van der Waals surface area contributed by atoms with E-state index in [1.807, 2.05) is 0 Å². The quantitative estimate of drug-likeness (QED) is 0.552. The van der Waals surface area contributed by atoms with Crippen LogP contribution in [0.1, 0.15) is 32.1 Å². The molecule has 2 unspecified atom stereocenters. The summed E-state index contributed by atoms with van der Waals surface area (Å²) in [6, 6.07) is 0.400. The summed E-state index contributed by atoms with van der Waals surface area (Å²) in [7, 11) is 0. The molecule has 0 aromatic heterocycles. The van der Waals surface area contributed by atoms with Gasteiger partial charge >= 0.3 is 0 Å². The van der Waals surface area contributed by atoms with Crippen molar-refractivity contribution >= 4 is 0 Å². The smallest absolute Gasteiger partial charge is 0.0538 e. The summed E-state index contributed by atoms with van der Waals surface area (Å²) in [5, 5.41) is 10.8. The maximum absolute atomic E-state index is 9.43. The second-order valence-corrected chi connectivity index (χ2v) is 3.65. The zero-order valence-electron chi connectivity index (χ0n) is 6.79. The van der Waals surface area contributed by atoms with Crippen LogP contribution in [0.3, 0.4) is 0 Å². The lowest BCUT2D eigenvalue weighted by Gasteiger charge is -2.40. The first kappa shape index (κ1) is 7.53. The third-order valence-corrected chi connectivity index (χ3v) is 2.97. The normalized spacial score (nSPS) is 40.1. The highest BCUT2D eigenvalue weighted by atomic mass is 16.5. The molecule has 0 radical (unpaired) electrons. The van der Waals surface area contributed by atoms with Crippen LogP contribution in [0.25, 0.3) is 0 Å². The van der Waals surface area contributed by atoms with Crippen LogP contribution < -0.4 is 5.43 Å². The van der Waals surface area contributed by atoms with Gasteiger partial charge in [-0.15, -0.1) is 5.17 Å². The van der Waals surface area contributed by atoms with E-state index in [4.69, 9.17) is 0 Å². The molecule has 0 bridgehead atoms. The standard InChI is InChI=1S/C8H16N2O/c11-10-8-4-2-1-3-7(8)5-6-9-10/h7-9,11H,1-6H2. The fourth-order valence-electron chi connectivity index (χ4n) is 2.33. The lowest BCUT2D eigenvalue weighted by Crippen LogP contribution is -2.53. The molecular weight excluding hydrogens is 140 g/mol. The number of rotatable bonds is 0. The molecule has 1 saturated carbocycles. The maximum atomic E-state index is 9.43. The number of hydrazine groups is 1. The van der Waals surface area contributed by atoms with Gasteiger partial charge in [-0.25, -0.2) is 5.43 Å². The molecule has 64 valence electrons. The zero-order valence-corrected chi connectivity index (χ0v) is 6.79. The van der Waals surface area contributed by atoms with Crippen LogP contribution in [0.4, 0.5) is 0 Å². The van der Waals surface area contributed by atoms with Gasteiger partial charge in [0.15, 0.2) is 0 Å². The van der Waals surface area contributed by atoms with E-state index in [1.54, 1.807) is 0 Å². The van der Waals surface area contributed by atoms with E-state index in [1.165, 1.54) is 30.9 Å². The highest BCUT2D eigenvalue weighted by Crippen LogP contribution is 2.31. The lowest BCUT2D eigenvalue weighted by molar-refractivity contribution is -0.206. The van der Waals surface area contributed by atoms with Gasteiger partial charge in [0.1, 0.15) is 0 Å². The second kappa shape index (κ2) is 3.09. The summed E-state index contributed by atoms with van der Waals surface area (Å²) < 4.78 is 0. The van der Waals surface area contributed by atoms with Crippen LogP contribution in [-0.4, -0.2) is 23.0 Å². The Bertz CT molecular complexity index is 138. The summed E-state index contributed by atoms with van der Waals surface area (Å²) >= 11 is 0. The van der Waals surface area contributed by atoms with Crippen molar-refractivity contribution in [1.82, 2.24) is 10.6 Å². The van der Waals surface area contributed by atoms with Crippen LogP contribution >= 0.6 is 0 Å². The van der Waals surface area contributed by atoms with Gasteiger partial charge in [-0.05, 0) is 25.2 Å². The Morgan fingerprint density at radius 3 is 2.82 bits per heavy atom. The summed E-state index contributed by atoms with van der Waals surface area (Å²) in [6.07, 6.45) is 6.34. The molecule has 1 aliphatic carbocycles. The van der Waals surface area contributed by atoms with Crippen molar-refractivity contribution in [2.24, 2.45) is 5.92 Å². The molecule has 0 spiro atoms. The predicted octanol–water partition coefficient (Wildman–Crippen LogP) is 1.14. The van der Waals surface area contributed by atoms with E-state index in [-0.39, 0.29) is 0 Å². The highest BCUT2D eigenvalue weighted by Gasteiger charge is 2.32. The fraction of sp³-hybridized carbons (Fsp3) is 1.00. The minimum absolute atomic E-state index is 0.400. The molecule has 1 aliphatic heterocycles. The Hall–Kier alpha value is -0.120. The number of nitrogens with one attached hydrogen (secondary N) is 1. The van der Waals surface area contributed by atoms with Gasteiger partial charge in [0, 0.05) is 6.54 Å².